The largest absolute Gasteiger partial charge is 0.494 e. The summed E-state index contributed by atoms with van der Waals surface area (Å²) in [4.78, 5) is 0. The summed E-state index contributed by atoms with van der Waals surface area (Å²) in [5.41, 5.74) is 6.08. The molecule has 0 N–H and O–H groups in total. The molecule has 0 amide bonds. The molecule has 1 aliphatic carbocycles. The second kappa shape index (κ2) is 11.7. The van der Waals surface area contributed by atoms with Crippen LogP contribution in [0.2, 0.25) is 5.02 Å². The van der Waals surface area contributed by atoms with Gasteiger partial charge in [-0.1, -0.05) is 92.7 Å². The van der Waals surface area contributed by atoms with Crippen LogP contribution in [-0.4, -0.2) is 6.61 Å². The third-order valence-electron chi connectivity index (χ3n) is 7.18. The Bertz CT molecular complexity index is 1030. The Kier molecular flexibility index (Phi) is 8.51. The molecule has 0 spiro atoms. The van der Waals surface area contributed by atoms with Crippen molar-refractivity contribution >= 4 is 11.6 Å². The highest BCUT2D eigenvalue weighted by Gasteiger charge is 2.23. The molecule has 4 rings (SSSR count). The van der Waals surface area contributed by atoms with Crippen LogP contribution in [0.15, 0.2) is 66.7 Å². The quantitative estimate of drug-likeness (QED) is 0.288. The molecule has 1 fully saturated rings. The van der Waals surface area contributed by atoms with Gasteiger partial charge in [0, 0.05) is 10.6 Å². The first kappa shape index (κ1) is 23.9. The van der Waals surface area contributed by atoms with Gasteiger partial charge in [-0.2, -0.15) is 0 Å². The van der Waals surface area contributed by atoms with E-state index in [0.717, 1.165) is 33.4 Å². The molecule has 1 nitrogen and oxygen atoms in total. The molecule has 1 aliphatic rings. The molecule has 0 radical (unpaired) electrons. The van der Waals surface area contributed by atoms with Crippen molar-refractivity contribution in [1.29, 1.82) is 0 Å². The Balaban J connectivity index is 1.58. The number of hydrogen-bond donors (Lipinski definition) is 0. The first-order valence-electron chi connectivity index (χ1n) is 12.8. The second-order valence-corrected chi connectivity index (χ2v) is 9.87. The highest BCUT2D eigenvalue weighted by molar-refractivity contribution is 6.34. The monoisotopic (exact) mass is 460 g/mol. The van der Waals surface area contributed by atoms with Crippen molar-refractivity contribution < 1.29 is 4.74 Å². The van der Waals surface area contributed by atoms with E-state index in [-0.39, 0.29) is 0 Å². The molecule has 2 heteroatoms. The summed E-state index contributed by atoms with van der Waals surface area (Å²) in [7, 11) is 0. The molecule has 174 valence electrons. The number of halogens is 1. The predicted octanol–water partition coefficient (Wildman–Crippen LogP) is 9.93. The van der Waals surface area contributed by atoms with Crippen molar-refractivity contribution in [3.8, 4) is 28.0 Å². The van der Waals surface area contributed by atoms with Crippen LogP contribution in [0.3, 0.4) is 0 Å². The molecule has 1 saturated carbocycles. The van der Waals surface area contributed by atoms with E-state index < -0.39 is 0 Å². The van der Waals surface area contributed by atoms with Crippen molar-refractivity contribution in [2.24, 2.45) is 5.92 Å². The van der Waals surface area contributed by atoms with Crippen LogP contribution in [0.5, 0.6) is 5.75 Å². The minimum Gasteiger partial charge on any atom is -0.494 e. The summed E-state index contributed by atoms with van der Waals surface area (Å²) >= 11 is 6.80. The predicted molar refractivity (Wildman–Crippen MR) is 142 cm³/mol. The summed E-state index contributed by atoms with van der Waals surface area (Å²) in [6.45, 7) is 4.97. The van der Waals surface area contributed by atoms with Crippen LogP contribution in [0.1, 0.15) is 76.7 Å². The molecular weight excluding hydrogens is 424 g/mol. The first-order chi connectivity index (χ1) is 16.2. The Hall–Kier alpha value is -2.25. The molecule has 0 aliphatic heterocycles. The van der Waals surface area contributed by atoms with E-state index in [9.17, 15) is 0 Å². The summed E-state index contributed by atoms with van der Waals surface area (Å²) in [5.74, 6) is 2.49. The average molecular weight is 461 g/mol. The summed E-state index contributed by atoms with van der Waals surface area (Å²) in [5, 5.41) is 0.797. The highest BCUT2D eigenvalue weighted by Crippen LogP contribution is 2.42. The lowest BCUT2D eigenvalue weighted by molar-refractivity contribution is 0.303. The molecule has 0 bridgehead atoms. The minimum atomic E-state index is 0.661. The third-order valence-corrected chi connectivity index (χ3v) is 7.49. The van der Waals surface area contributed by atoms with E-state index in [4.69, 9.17) is 16.3 Å². The maximum Gasteiger partial charge on any atom is 0.119 e. The molecule has 0 unspecified atom stereocenters. The first-order valence-corrected chi connectivity index (χ1v) is 13.2. The van der Waals surface area contributed by atoms with E-state index in [2.05, 4.69) is 55.5 Å². The Morgan fingerprint density at radius 3 is 2.36 bits per heavy atom. The lowest BCUT2D eigenvalue weighted by atomic mass is 9.76. The fourth-order valence-corrected chi connectivity index (χ4v) is 5.68. The van der Waals surface area contributed by atoms with E-state index in [1.54, 1.807) is 0 Å². The van der Waals surface area contributed by atoms with E-state index in [1.807, 2.05) is 25.1 Å². The van der Waals surface area contributed by atoms with E-state index in [0.29, 0.717) is 12.5 Å². The molecule has 33 heavy (non-hydrogen) atoms. The van der Waals surface area contributed by atoms with Crippen LogP contribution < -0.4 is 4.74 Å². The average Bonchev–Trinajstić information content (AvgIpc) is 2.85. The zero-order chi connectivity index (χ0) is 23.0. The van der Waals surface area contributed by atoms with Gasteiger partial charge < -0.3 is 4.74 Å². The van der Waals surface area contributed by atoms with Crippen LogP contribution in [0.25, 0.3) is 22.3 Å². The maximum absolute atomic E-state index is 6.80. The summed E-state index contributed by atoms with van der Waals surface area (Å²) in [6, 6.07) is 23.6. The number of benzene rings is 3. The molecule has 0 saturated heterocycles. The fourth-order valence-electron chi connectivity index (χ4n) is 5.39. The van der Waals surface area contributed by atoms with Crippen LogP contribution in [0, 0.1) is 5.92 Å². The van der Waals surface area contributed by atoms with Gasteiger partial charge in [0.25, 0.3) is 0 Å². The molecular formula is C31H37ClO. The summed E-state index contributed by atoms with van der Waals surface area (Å²) in [6.07, 6.45) is 10.9. The Morgan fingerprint density at radius 1 is 0.818 bits per heavy atom. The van der Waals surface area contributed by atoms with Gasteiger partial charge in [-0.15, -0.1) is 0 Å². The van der Waals surface area contributed by atoms with Gasteiger partial charge in [-0.25, -0.2) is 0 Å². The van der Waals surface area contributed by atoms with E-state index in [1.165, 1.54) is 62.5 Å². The van der Waals surface area contributed by atoms with Crippen LogP contribution in [-0.2, 0) is 0 Å². The molecule has 0 heterocycles. The third kappa shape index (κ3) is 6.01. The van der Waals surface area contributed by atoms with Crippen molar-refractivity contribution in [2.75, 3.05) is 6.61 Å². The van der Waals surface area contributed by atoms with Gasteiger partial charge >= 0.3 is 0 Å². The van der Waals surface area contributed by atoms with Crippen molar-refractivity contribution in [2.45, 2.75) is 71.1 Å². The minimum absolute atomic E-state index is 0.661. The van der Waals surface area contributed by atoms with Gasteiger partial charge in [0.2, 0.25) is 0 Å². The summed E-state index contributed by atoms with van der Waals surface area (Å²) < 4.78 is 5.75. The normalized spacial score (nSPS) is 18.3. The van der Waals surface area contributed by atoms with Crippen LogP contribution >= 0.6 is 11.6 Å². The number of rotatable bonds is 9. The lowest BCUT2D eigenvalue weighted by Crippen LogP contribution is -2.13. The highest BCUT2D eigenvalue weighted by atomic mass is 35.5. The van der Waals surface area contributed by atoms with E-state index >= 15 is 0 Å². The second-order valence-electron chi connectivity index (χ2n) is 9.46. The molecule has 0 atom stereocenters. The Morgan fingerprint density at radius 2 is 1.58 bits per heavy atom. The fraction of sp³-hybridized carbons (Fsp3) is 0.419. The van der Waals surface area contributed by atoms with Gasteiger partial charge in [0.1, 0.15) is 5.75 Å². The molecule has 3 aromatic rings. The van der Waals surface area contributed by atoms with Gasteiger partial charge in [-0.05, 0) is 84.9 Å². The number of ether oxygens (including phenoxy) is 1. The van der Waals surface area contributed by atoms with Crippen molar-refractivity contribution in [1.82, 2.24) is 0 Å². The smallest absolute Gasteiger partial charge is 0.119 e. The van der Waals surface area contributed by atoms with Gasteiger partial charge in [0.05, 0.1) is 6.61 Å². The lowest BCUT2D eigenvalue weighted by Gasteiger charge is -2.29. The Labute approximate surface area is 205 Å². The zero-order valence-electron chi connectivity index (χ0n) is 20.2. The SMILES string of the molecule is CCCCC[C@H]1CC[C@H](c2cccc(-c3c(Cl)cccc3-c3cccc(OCC)c3)c2)CC1. The molecule has 3 aromatic carbocycles. The maximum atomic E-state index is 6.80. The van der Waals surface area contributed by atoms with Gasteiger partial charge in [-0.3, -0.25) is 0 Å². The zero-order valence-corrected chi connectivity index (χ0v) is 20.9. The van der Waals surface area contributed by atoms with Crippen molar-refractivity contribution in [3.05, 3.63) is 77.3 Å². The van der Waals surface area contributed by atoms with Gasteiger partial charge in [0.15, 0.2) is 0 Å². The standard InChI is InChI=1S/C31H37ClO/c1-3-5-6-10-23-17-19-24(20-18-23)25-11-7-13-27(21-25)31-29(15-9-16-30(31)32)26-12-8-14-28(22-26)33-4-2/h7-9,11-16,21-24H,3-6,10,17-20H2,1-2H3/t23-,24-. The van der Waals surface area contributed by atoms with Crippen molar-refractivity contribution in [3.63, 3.8) is 0 Å². The molecule has 0 aromatic heterocycles. The number of hydrogen-bond acceptors (Lipinski definition) is 1. The van der Waals surface area contributed by atoms with Crippen LogP contribution in [0.4, 0.5) is 0 Å². The topological polar surface area (TPSA) is 9.23 Å². The number of unbranched alkanes of at least 4 members (excludes halogenated alkanes) is 2.